The summed E-state index contributed by atoms with van der Waals surface area (Å²) in [7, 11) is 1.55. The third-order valence-corrected chi connectivity index (χ3v) is 5.03. The molecule has 0 radical (unpaired) electrons. The molecule has 10 heteroatoms. The fourth-order valence-corrected chi connectivity index (χ4v) is 3.55. The predicted molar refractivity (Wildman–Crippen MR) is 105 cm³/mol. The largest absolute Gasteiger partial charge is 0.408 e. The van der Waals surface area contributed by atoms with Gasteiger partial charge in [-0.3, -0.25) is 4.79 Å². The molecule has 1 aromatic carbocycles. The normalized spacial score (nSPS) is 19.7. The van der Waals surface area contributed by atoms with Crippen LogP contribution in [-0.4, -0.2) is 41.7 Å². The first-order valence-corrected chi connectivity index (χ1v) is 9.53. The molecule has 2 atom stereocenters. The van der Waals surface area contributed by atoms with E-state index >= 15 is 0 Å². The van der Waals surface area contributed by atoms with Gasteiger partial charge in [-0.1, -0.05) is 41.9 Å². The van der Waals surface area contributed by atoms with Crippen molar-refractivity contribution in [1.82, 2.24) is 15.3 Å². The minimum Gasteiger partial charge on any atom is -0.357 e. The van der Waals surface area contributed by atoms with Gasteiger partial charge in [0.05, 0.1) is 5.92 Å². The summed E-state index contributed by atoms with van der Waals surface area (Å²) in [6, 6.07) is 8.87. The summed E-state index contributed by atoms with van der Waals surface area (Å²) in [5, 5.41) is 5.51. The third-order valence-electron chi connectivity index (χ3n) is 4.84. The number of carbonyl (C=O) groups is 1. The van der Waals surface area contributed by atoms with Crippen molar-refractivity contribution in [3.63, 3.8) is 0 Å². The Labute approximate surface area is 171 Å². The summed E-state index contributed by atoms with van der Waals surface area (Å²) in [6.45, 7) is 0.212. The van der Waals surface area contributed by atoms with Gasteiger partial charge in [0.1, 0.15) is 17.0 Å². The van der Waals surface area contributed by atoms with Crippen LogP contribution in [-0.2, 0) is 11.3 Å². The van der Waals surface area contributed by atoms with Crippen molar-refractivity contribution in [1.29, 1.82) is 0 Å². The van der Waals surface area contributed by atoms with Crippen molar-refractivity contribution < 1.29 is 18.0 Å². The van der Waals surface area contributed by atoms with Crippen LogP contribution in [0.5, 0.6) is 0 Å². The Bertz CT molecular complexity index is 849. The topological polar surface area (TPSA) is 70.2 Å². The van der Waals surface area contributed by atoms with Gasteiger partial charge in [-0.25, -0.2) is 4.98 Å². The Morgan fingerprint density at radius 1 is 1.24 bits per heavy atom. The van der Waals surface area contributed by atoms with Crippen molar-refractivity contribution in [2.24, 2.45) is 5.92 Å². The highest BCUT2D eigenvalue weighted by Gasteiger charge is 2.48. The molecule has 156 valence electrons. The van der Waals surface area contributed by atoms with Crippen LogP contribution in [0.1, 0.15) is 18.4 Å². The second-order valence-electron chi connectivity index (χ2n) is 6.81. The van der Waals surface area contributed by atoms with Crippen LogP contribution in [0, 0.1) is 5.92 Å². The molecule has 2 aromatic rings. The number of anilines is 2. The SMILES string of the molecule is CNc1nc(Cl)cc(N2C[C@@H](C(=O)NCc3ccccc3)CC[C@H]2C(F)(F)F)n1. The molecule has 29 heavy (non-hydrogen) atoms. The van der Waals surface area contributed by atoms with Crippen molar-refractivity contribution in [2.45, 2.75) is 31.6 Å². The van der Waals surface area contributed by atoms with Crippen LogP contribution >= 0.6 is 11.6 Å². The third kappa shape index (κ3) is 5.29. The van der Waals surface area contributed by atoms with Crippen LogP contribution in [0.15, 0.2) is 36.4 Å². The van der Waals surface area contributed by atoms with E-state index in [0.29, 0.717) is 6.54 Å². The molecule has 2 heterocycles. The van der Waals surface area contributed by atoms with Crippen LogP contribution in [0.2, 0.25) is 5.15 Å². The number of piperidine rings is 1. The monoisotopic (exact) mass is 427 g/mol. The number of nitrogens with zero attached hydrogens (tertiary/aromatic N) is 3. The van der Waals surface area contributed by atoms with Crippen LogP contribution in [0.4, 0.5) is 24.9 Å². The number of benzene rings is 1. The minimum absolute atomic E-state index is 0.0240. The quantitative estimate of drug-likeness (QED) is 0.713. The highest BCUT2D eigenvalue weighted by Crippen LogP contribution is 2.37. The zero-order valence-electron chi connectivity index (χ0n) is 15.7. The van der Waals surface area contributed by atoms with E-state index in [9.17, 15) is 18.0 Å². The minimum atomic E-state index is -4.46. The first kappa shape index (κ1) is 21.2. The molecule has 6 nitrogen and oxygen atoms in total. The maximum absolute atomic E-state index is 13.6. The molecule has 1 aromatic heterocycles. The van der Waals surface area contributed by atoms with Gasteiger partial charge >= 0.3 is 6.18 Å². The van der Waals surface area contributed by atoms with Crippen molar-refractivity contribution >= 4 is 29.3 Å². The Hall–Kier alpha value is -2.55. The highest BCUT2D eigenvalue weighted by atomic mass is 35.5. The van der Waals surface area contributed by atoms with Gasteiger partial charge in [0.25, 0.3) is 0 Å². The van der Waals surface area contributed by atoms with Gasteiger partial charge in [0.2, 0.25) is 11.9 Å². The molecule has 1 saturated heterocycles. The maximum Gasteiger partial charge on any atom is 0.408 e. The average Bonchev–Trinajstić information content (AvgIpc) is 2.71. The van der Waals surface area contributed by atoms with Crippen molar-refractivity contribution in [3.05, 3.63) is 47.1 Å². The van der Waals surface area contributed by atoms with E-state index in [-0.39, 0.29) is 42.2 Å². The summed E-state index contributed by atoms with van der Waals surface area (Å²) >= 11 is 5.95. The molecule has 1 amide bonds. The summed E-state index contributed by atoms with van der Waals surface area (Å²) in [5.41, 5.74) is 0.919. The van der Waals surface area contributed by atoms with E-state index in [1.54, 1.807) is 7.05 Å². The molecule has 1 aliphatic rings. The maximum atomic E-state index is 13.6. The Morgan fingerprint density at radius 2 is 1.97 bits per heavy atom. The number of hydrogen-bond donors (Lipinski definition) is 2. The number of halogens is 4. The van der Waals surface area contributed by atoms with E-state index in [0.717, 1.165) is 10.5 Å². The Balaban J connectivity index is 1.78. The van der Waals surface area contributed by atoms with Crippen molar-refractivity contribution in [2.75, 3.05) is 23.8 Å². The Kier molecular flexibility index (Phi) is 6.46. The predicted octanol–water partition coefficient (Wildman–Crippen LogP) is 3.64. The van der Waals surface area contributed by atoms with Gasteiger partial charge in [0.15, 0.2) is 0 Å². The molecule has 3 rings (SSSR count). The molecule has 2 N–H and O–H groups in total. The van der Waals surface area contributed by atoms with Crippen LogP contribution in [0.3, 0.4) is 0 Å². The number of aromatic nitrogens is 2. The molecular weight excluding hydrogens is 407 g/mol. The second-order valence-corrected chi connectivity index (χ2v) is 7.20. The lowest BCUT2D eigenvalue weighted by molar-refractivity contribution is -0.156. The van der Waals surface area contributed by atoms with Crippen LogP contribution in [0.25, 0.3) is 0 Å². The summed E-state index contributed by atoms with van der Waals surface area (Å²) in [6.07, 6.45) is -4.52. The van der Waals surface area contributed by atoms with Gasteiger partial charge in [-0.15, -0.1) is 0 Å². The van der Waals surface area contributed by atoms with E-state index in [4.69, 9.17) is 11.6 Å². The average molecular weight is 428 g/mol. The van der Waals surface area contributed by atoms with Gasteiger partial charge in [0, 0.05) is 26.2 Å². The summed E-state index contributed by atoms with van der Waals surface area (Å²) < 4.78 is 40.9. The smallest absolute Gasteiger partial charge is 0.357 e. The van der Waals surface area contributed by atoms with Crippen molar-refractivity contribution in [3.8, 4) is 0 Å². The van der Waals surface area contributed by atoms with Crippen LogP contribution < -0.4 is 15.5 Å². The zero-order chi connectivity index (χ0) is 21.0. The lowest BCUT2D eigenvalue weighted by Gasteiger charge is -2.40. The van der Waals surface area contributed by atoms with Gasteiger partial charge in [-0.2, -0.15) is 18.2 Å². The van der Waals surface area contributed by atoms with Gasteiger partial charge in [-0.05, 0) is 18.4 Å². The second kappa shape index (κ2) is 8.86. The molecule has 1 fully saturated rings. The molecule has 0 spiro atoms. The number of nitrogens with one attached hydrogen (secondary N) is 2. The zero-order valence-corrected chi connectivity index (χ0v) is 16.5. The number of alkyl halides is 3. The molecule has 0 bridgehead atoms. The number of rotatable bonds is 5. The van der Waals surface area contributed by atoms with E-state index in [1.807, 2.05) is 30.3 Å². The molecular formula is C19H21ClF3N5O. The van der Waals surface area contributed by atoms with E-state index < -0.39 is 18.1 Å². The standard InChI is InChI=1S/C19H21ClF3N5O/c1-24-18-26-15(20)9-16(27-18)28-11-13(7-8-14(28)19(21,22)23)17(29)25-10-12-5-3-2-4-6-12/h2-6,9,13-14H,7-8,10-11H2,1H3,(H,25,29)(H,24,26,27)/t13-,14-/m0/s1. The Morgan fingerprint density at radius 3 is 2.62 bits per heavy atom. The van der Waals surface area contributed by atoms with E-state index in [2.05, 4.69) is 20.6 Å². The number of hydrogen-bond acceptors (Lipinski definition) is 5. The van der Waals surface area contributed by atoms with Gasteiger partial charge < -0.3 is 15.5 Å². The first-order valence-electron chi connectivity index (χ1n) is 9.15. The summed E-state index contributed by atoms with van der Waals surface area (Å²) in [5.74, 6) is -0.723. The number of amides is 1. The molecule has 0 unspecified atom stereocenters. The van der Waals surface area contributed by atoms with E-state index in [1.165, 1.54) is 6.07 Å². The first-order chi connectivity index (χ1) is 13.8. The molecule has 0 saturated carbocycles. The summed E-state index contributed by atoms with van der Waals surface area (Å²) in [4.78, 5) is 21.7. The fraction of sp³-hybridized carbons (Fsp3) is 0.421. The lowest BCUT2D eigenvalue weighted by atomic mass is 9.91. The lowest BCUT2D eigenvalue weighted by Crippen LogP contribution is -2.54. The number of carbonyl (C=O) groups excluding carboxylic acids is 1. The fourth-order valence-electron chi connectivity index (χ4n) is 3.37. The highest BCUT2D eigenvalue weighted by molar-refractivity contribution is 6.29. The molecule has 1 aliphatic heterocycles. The molecule has 0 aliphatic carbocycles.